The van der Waals surface area contributed by atoms with Crippen molar-refractivity contribution in [2.24, 2.45) is 29.6 Å². The number of hydrogen-bond donors (Lipinski definition) is 0. The second-order valence-corrected chi connectivity index (χ2v) is 5.81. The van der Waals surface area contributed by atoms with Crippen molar-refractivity contribution in [3.05, 3.63) is 0 Å². The molecular weight excluding hydrogens is 172 g/mol. The number of ketones is 1. The molecule has 0 heterocycles. The molecule has 78 valence electrons. The number of carbonyl (C=O) groups is 1. The van der Waals surface area contributed by atoms with Crippen LogP contribution < -0.4 is 0 Å². The van der Waals surface area contributed by atoms with Crippen molar-refractivity contribution in [2.75, 3.05) is 0 Å². The van der Waals surface area contributed by atoms with E-state index in [1.54, 1.807) is 0 Å². The predicted octanol–water partition coefficient (Wildman–Crippen LogP) is 3.04. The van der Waals surface area contributed by atoms with Crippen LogP contribution in [0.25, 0.3) is 0 Å². The van der Waals surface area contributed by atoms with Gasteiger partial charge in [0.1, 0.15) is 5.78 Å². The molecule has 0 radical (unpaired) electrons. The van der Waals surface area contributed by atoms with Crippen molar-refractivity contribution in [1.82, 2.24) is 0 Å². The summed E-state index contributed by atoms with van der Waals surface area (Å²) in [5, 5.41) is 0. The first kappa shape index (κ1) is 8.94. The molecule has 1 heteroatoms. The first-order valence-corrected chi connectivity index (χ1v) is 6.27. The van der Waals surface area contributed by atoms with E-state index >= 15 is 0 Å². The molecule has 3 fully saturated rings. The number of Topliss-reactive ketones (excluding diaryl/α,β-unsaturated/α-hetero) is 1. The molecule has 0 aromatic rings. The van der Waals surface area contributed by atoms with Gasteiger partial charge in [-0.25, -0.2) is 0 Å². The molecule has 0 saturated heterocycles. The summed E-state index contributed by atoms with van der Waals surface area (Å²) in [5.74, 6) is 5.15. The van der Waals surface area contributed by atoms with Crippen molar-refractivity contribution in [3.63, 3.8) is 0 Å². The van der Waals surface area contributed by atoms with Crippen LogP contribution in [0.5, 0.6) is 0 Å². The second-order valence-electron chi connectivity index (χ2n) is 5.81. The maximum Gasteiger partial charge on any atom is 0.133 e. The molecule has 3 aliphatic rings. The fourth-order valence-corrected chi connectivity index (χ4v) is 4.61. The quantitative estimate of drug-likeness (QED) is 0.624. The van der Waals surface area contributed by atoms with E-state index < -0.39 is 0 Å². The standard InChI is InChI=1S/C13H20O/c1-8-9-2-3-10(6-9)13(8)11-4-5-12(14)7-11/h8-11,13H,2-7H2,1H3/t8-,9+,10-,11+,13-/m1/s1. The van der Waals surface area contributed by atoms with Crippen molar-refractivity contribution in [3.8, 4) is 0 Å². The summed E-state index contributed by atoms with van der Waals surface area (Å²) in [6.45, 7) is 2.44. The Hall–Kier alpha value is -0.330. The molecule has 14 heavy (non-hydrogen) atoms. The number of carbonyl (C=O) groups excluding carboxylic acids is 1. The SMILES string of the molecule is C[C@@H]1[C@H]2CC[C@H](C2)[C@@H]1[C@H]1CCC(=O)C1. The topological polar surface area (TPSA) is 17.1 Å². The Balaban J connectivity index is 1.76. The number of fused-ring (bicyclic) bond motifs is 2. The summed E-state index contributed by atoms with van der Waals surface area (Å²) in [6.07, 6.45) is 7.42. The van der Waals surface area contributed by atoms with Crippen LogP contribution in [-0.2, 0) is 4.79 Å². The fraction of sp³-hybridized carbons (Fsp3) is 0.923. The Labute approximate surface area is 86.3 Å². The highest BCUT2D eigenvalue weighted by molar-refractivity contribution is 5.80. The monoisotopic (exact) mass is 192 g/mol. The number of hydrogen-bond acceptors (Lipinski definition) is 1. The van der Waals surface area contributed by atoms with Crippen LogP contribution >= 0.6 is 0 Å². The minimum Gasteiger partial charge on any atom is -0.300 e. The molecule has 1 nitrogen and oxygen atoms in total. The van der Waals surface area contributed by atoms with Gasteiger partial charge in [-0.2, -0.15) is 0 Å². The Morgan fingerprint density at radius 2 is 1.86 bits per heavy atom. The van der Waals surface area contributed by atoms with Gasteiger partial charge in [0.2, 0.25) is 0 Å². The lowest BCUT2D eigenvalue weighted by atomic mass is 9.72. The Morgan fingerprint density at radius 1 is 1.07 bits per heavy atom. The van der Waals surface area contributed by atoms with E-state index in [0.29, 0.717) is 5.78 Å². The Morgan fingerprint density at radius 3 is 2.43 bits per heavy atom. The van der Waals surface area contributed by atoms with Crippen LogP contribution in [0.4, 0.5) is 0 Å². The zero-order chi connectivity index (χ0) is 9.71. The first-order valence-electron chi connectivity index (χ1n) is 6.27. The van der Waals surface area contributed by atoms with Gasteiger partial charge in [0.05, 0.1) is 0 Å². The molecule has 0 spiro atoms. The molecule has 3 aliphatic carbocycles. The normalized spacial score (nSPS) is 51.8. The largest absolute Gasteiger partial charge is 0.300 e. The molecule has 0 aromatic carbocycles. The van der Waals surface area contributed by atoms with Crippen LogP contribution in [0.15, 0.2) is 0 Å². The zero-order valence-corrected chi connectivity index (χ0v) is 9.04. The van der Waals surface area contributed by atoms with Crippen LogP contribution in [0.3, 0.4) is 0 Å². The van der Waals surface area contributed by atoms with Gasteiger partial charge in [0, 0.05) is 12.8 Å². The van der Waals surface area contributed by atoms with Crippen LogP contribution in [0.1, 0.15) is 45.4 Å². The van der Waals surface area contributed by atoms with Crippen molar-refractivity contribution in [2.45, 2.75) is 45.4 Å². The molecule has 0 aromatic heterocycles. The van der Waals surface area contributed by atoms with Gasteiger partial charge in [0.25, 0.3) is 0 Å². The lowest BCUT2D eigenvalue weighted by Gasteiger charge is -2.32. The molecule has 3 saturated carbocycles. The molecule has 0 amide bonds. The third-order valence-electron chi connectivity index (χ3n) is 5.24. The van der Waals surface area contributed by atoms with E-state index in [4.69, 9.17) is 0 Å². The molecule has 2 bridgehead atoms. The van der Waals surface area contributed by atoms with Gasteiger partial charge in [0.15, 0.2) is 0 Å². The summed E-state index contributed by atoms with van der Waals surface area (Å²) in [5.41, 5.74) is 0. The van der Waals surface area contributed by atoms with Crippen molar-refractivity contribution < 1.29 is 4.79 Å². The van der Waals surface area contributed by atoms with E-state index in [9.17, 15) is 4.79 Å². The van der Waals surface area contributed by atoms with Crippen molar-refractivity contribution >= 4 is 5.78 Å². The highest BCUT2D eigenvalue weighted by atomic mass is 16.1. The summed E-state index contributed by atoms with van der Waals surface area (Å²) < 4.78 is 0. The summed E-state index contributed by atoms with van der Waals surface area (Å²) in [7, 11) is 0. The molecule has 0 aliphatic heterocycles. The summed E-state index contributed by atoms with van der Waals surface area (Å²) in [6, 6.07) is 0. The van der Waals surface area contributed by atoms with Gasteiger partial charge >= 0.3 is 0 Å². The Kier molecular flexibility index (Phi) is 1.97. The Bertz CT molecular complexity index is 256. The van der Waals surface area contributed by atoms with Gasteiger partial charge in [-0.15, -0.1) is 0 Å². The summed E-state index contributed by atoms with van der Waals surface area (Å²) >= 11 is 0. The highest BCUT2D eigenvalue weighted by Gasteiger charge is 2.49. The maximum atomic E-state index is 11.3. The van der Waals surface area contributed by atoms with E-state index in [-0.39, 0.29) is 0 Å². The smallest absolute Gasteiger partial charge is 0.133 e. The minimum atomic E-state index is 0.532. The molecular formula is C13H20O. The molecule has 3 rings (SSSR count). The maximum absolute atomic E-state index is 11.3. The van der Waals surface area contributed by atoms with Crippen LogP contribution in [-0.4, -0.2) is 5.78 Å². The van der Waals surface area contributed by atoms with Gasteiger partial charge in [-0.3, -0.25) is 4.79 Å². The highest BCUT2D eigenvalue weighted by Crippen LogP contribution is 2.56. The fourth-order valence-electron chi connectivity index (χ4n) is 4.61. The lowest BCUT2D eigenvalue weighted by molar-refractivity contribution is -0.117. The van der Waals surface area contributed by atoms with Crippen LogP contribution in [0.2, 0.25) is 0 Å². The van der Waals surface area contributed by atoms with E-state index in [0.717, 1.165) is 42.4 Å². The molecule has 5 atom stereocenters. The first-order chi connectivity index (χ1) is 6.75. The predicted molar refractivity (Wildman–Crippen MR) is 55.8 cm³/mol. The average molecular weight is 192 g/mol. The zero-order valence-electron chi connectivity index (χ0n) is 9.04. The molecule has 0 unspecified atom stereocenters. The van der Waals surface area contributed by atoms with Crippen LogP contribution in [0, 0.1) is 29.6 Å². The van der Waals surface area contributed by atoms with Gasteiger partial charge < -0.3 is 0 Å². The van der Waals surface area contributed by atoms with Gasteiger partial charge in [-0.1, -0.05) is 6.92 Å². The second kappa shape index (κ2) is 3.08. The third-order valence-corrected chi connectivity index (χ3v) is 5.24. The van der Waals surface area contributed by atoms with Gasteiger partial charge in [-0.05, 0) is 55.3 Å². The summed E-state index contributed by atoms with van der Waals surface area (Å²) in [4.78, 5) is 11.3. The van der Waals surface area contributed by atoms with E-state index in [1.165, 1.54) is 25.7 Å². The lowest BCUT2D eigenvalue weighted by Crippen LogP contribution is -2.26. The van der Waals surface area contributed by atoms with E-state index in [2.05, 4.69) is 6.92 Å². The average Bonchev–Trinajstić information content (AvgIpc) is 2.80. The molecule has 0 N–H and O–H groups in total. The third kappa shape index (κ3) is 1.17. The van der Waals surface area contributed by atoms with Crippen molar-refractivity contribution in [1.29, 1.82) is 0 Å². The number of rotatable bonds is 1. The minimum absolute atomic E-state index is 0.532. The van der Waals surface area contributed by atoms with E-state index in [1.807, 2.05) is 0 Å².